The summed E-state index contributed by atoms with van der Waals surface area (Å²) in [7, 11) is 0. The SMILES string of the molecule is Cc1ccc(/C=C/C(=O)Nc2sc3c(c2C#N)CCC(C(C)(C)C)C3)cc1. The van der Waals surface area contributed by atoms with Crippen molar-refractivity contribution >= 4 is 28.3 Å². The van der Waals surface area contributed by atoms with Gasteiger partial charge in [0, 0.05) is 11.0 Å². The molecular formula is C23H26N2OS. The van der Waals surface area contributed by atoms with Gasteiger partial charge in [-0.2, -0.15) is 5.26 Å². The second-order valence-corrected chi connectivity index (χ2v) is 9.46. The number of anilines is 1. The molecule has 4 heteroatoms. The van der Waals surface area contributed by atoms with Gasteiger partial charge in [-0.15, -0.1) is 11.3 Å². The molecule has 0 saturated carbocycles. The molecule has 0 radical (unpaired) electrons. The fraction of sp³-hybridized carbons (Fsp3) is 0.391. The monoisotopic (exact) mass is 378 g/mol. The Bertz CT molecular complexity index is 908. The summed E-state index contributed by atoms with van der Waals surface area (Å²) >= 11 is 1.57. The van der Waals surface area contributed by atoms with Gasteiger partial charge in [0.1, 0.15) is 11.1 Å². The maximum Gasteiger partial charge on any atom is 0.249 e. The van der Waals surface area contributed by atoms with Gasteiger partial charge in [-0.1, -0.05) is 50.6 Å². The number of carbonyl (C=O) groups excluding carboxylic acids is 1. The Hall–Kier alpha value is -2.38. The topological polar surface area (TPSA) is 52.9 Å². The van der Waals surface area contributed by atoms with E-state index in [1.165, 1.54) is 16.5 Å². The van der Waals surface area contributed by atoms with E-state index in [-0.39, 0.29) is 11.3 Å². The highest BCUT2D eigenvalue weighted by molar-refractivity contribution is 7.16. The molecule has 1 amide bonds. The summed E-state index contributed by atoms with van der Waals surface area (Å²) in [5.41, 5.74) is 4.22. The molecule has 0 saturated heterocycles. The predicted octanol–water partition coefficient (Wildman–Crippen LogP) is 5.73. The minimum Gasteiger partial charge on any atom is -0.313 e. The minimum atomic E-state index is -0.196. The maximum atomic E-state index is 12.4. The van der Waals surface area contributed by atoms with Crippen LogP contribution in [0.4, 0.5) is 5.00 Å². The summed E-state index contributed by atoms with van der Waals surface area (Å²) in [6.07, 6.45) is 6.34. The summed E-state index contributed by atoms with van der Waals surface area (Å²) in [6, 6.07) is 10.3. The number of nitriles is 1. The number of nitrogens with zero attached hydrogens (tertiary/aromatic N) is 1. The van der Waals surface area contributed by atoms with Gasteiger partial charge in [-0.3, -0.25) is 4.79 Å². The van der Waals surface area contributed by atoms with Gasteiger partial charge >= 0.3 is 0 Å². The summed E-state index contributed by atoms with van der Waals surface area (Å²) in [4.78, 5) is 13.6. The highest BCUT2D eigenvalue weighted by atomic mass is 32.1. The molecule has 140 valence electrons. The van der Waals surface area contributed by atoms with E-state index in [9.17, 15) is 10.1 Å². The van der Waals surface area contributed by atoms with Crippen LogP contribution in [0.25, 0.3) is 6.08 Å². The smallest absolute Gasteiger partial charge is 0.249 e. The zero-order valence-corrected chi connectivity index (χ0v) is 17.2. The van der Waals surface area contributed by atoms with Gasteiger partial charge in [0.05, 0.1) is 5.56 Å². The molecule has 1 aliphatic rings. The molecular weight excluding hydrogens is 352 g/mol. The third-order valence-corrected chi connectivity index (χ3v) is 6.51. The van der Waals surface area contributed by atoms with Crippen LogP contribution in [0.2, 0.25) is 0 Å². The van der Waals surface area contributed by atoms with Crippen LogP contribution in [0.15, 0.2) is 30.3 Å². The number of fused-ring (bicyclic) bond motifs is 1. The first-order valence-corrected chi connectivity index (χ1v) is 10.2. The lowest BCUT2D eigenvalue weighted by molar-refractivity contribution is -0.111. The van der Waals surface area contributed by atoms with Crippen molar-refractivity contribution in [1.82, 2.24) is 0 Å². The second-order valence-electron chi connectivity index (χ2n) is 8.36. The molecule has 1 atom stereocenters. The summed E-state index contributed by atoms with van der Waals surface area (Å²) in [5.74, 6) is 0.415. The molecule has 1 aromatic heterocycles. The third kappa shape index (κ3) is 4.48. The molecule has 0 aliphatic heterocycles. The quantitative estimate of drug-likeness (QED) is 0.693. The number of amides is 1. The van der Waals surface area contributed by atoms with Crippen LogP contribution < -0.4 is 5.32 Å². The summed E-state index contributed by atoms with van der Waals surface area (Å²) in [6.45, 7) is 8.87. The minimum absolute atomic E-state index is 0.196. The van der Waals surface area contributed by atoms with Gasteiger partial charge in [-0.05, 0) is 54.7 Å². The Labute approximate surface area is 165 Å². The molecule has 2 aromatic rings. The Morgan fingerprint density at radius 3 is 2.63 bits per heavy atom. The number of benzene rings is 1. The normalized spacial score (nSPS) is 16.8. The number of thiophene rings is 1. The Kier molecular flexibility index (Phi) is 5.53. The van der Waals surface area contributed by atoms with E-state index in [4.69, 9.17) is 0 Å². The zero-order chi connectivity index (χ0) is 19.6. The van der Waals surface area contributed by atoms with E-state index in [1.54, 1.807) is 17.4 Å². The number of carbonyl (C=O) groups is 1. The fourth-order valence-electron chi connectivity index (χ4n) is 3.53. The van der Waals surface area contributed by atoms with Crippen molar-refractivity contribution in [2.45, 2.75) is 47.0 Å². The van der Waals surface area contributed by atoms with Crippen molar-refractivity contribution in [3.05, 3.63) is 57.5 Å². The van der Waals surface area contributed by atoms with Crippen LogP contribution in [-0.2, 0) is 17.6 Å². The van der Waals surface area contributed by atoms with Crippen molar-refractivity contribution in [2.75, 3.05) is 5.32 Å². The van der Waals surface area contributed by atoms with Crippen LogP contribution in [0.3, 0.4) is 0 Å². The van der Waals surface area contributed by atoms with E-state index >= 15 is 0 Å². The highest BCUT2D eigenvalue weighted by Crippen LogP contribution is 2.43. The highest BCUT2D eigenvalue weighted by Gasteiger charge is 2.32. The maximum absolute atomic E-state index is 12.4. The number of nitrogens with one attached hydrogen (secondary N) is 1. The molecule has 3 nitrogen and oxygen atoms in total. The van der Waals surface area contributed by atoms with Gasteiger partial charge in [0.25, 0.3) is 0 Å². The van der Waals surface area contributed by atoms with Crippen molar-refractivity contribution in [1.29, 1.82) is 5.26 Å². The lowest BCUT2D eigenvalue weighted by Gasteiger charge is -2.33. The zero-order valence-electron chi connectivity index (χ0n) is 16.4. The van der Waals surface area contributed by atoms with Crippen LogP contribution >= 0.6 is 11.3 Å². The largest absolute Gasteiger partial charge is 0.313 e. The Morgan fingerprint density at radius 2 is 2.00 bits per heavy atom. The Morgan fingerprint density at radius 1 is 1.30 bits per heavy atom. The molecule has 1 aliphatic carbocycles. The van der Waals surface area contributed by atoms with E-state index in [1.807, 2.05) is 31.2 Å². The first-order valence-electron chi connectivity index (χ1n) is 9.38. The molecule has 1 heterocycles. The lowest BCUT2D eigenvalue weighted by atomic mass is 9.72. The van der Waals surface area contributed by atoms with Crippen molar-refractivity contribution in [3.8, 4) is 6.07 Å². The average Bonchev–Trinajstić information content (AvgIpc) is 2.96. The third-order valence-electron chi connectivity index (χ3n) is 5.34. The van der Waals surface area contributed by atoms with Crippen molar-refractivity contribution in [3.63, 3.8) is 0 Å². The molecule has 0 spiro atoms. The van der Waals surface area contributed by atoms with E-state index < -0.39 is 0 Å². The number of rotatable bonds is 3. The number of aryl methyl sites for hydroxylation is 1. The molecule has 3 rings (SSSR count). The van der Waals surface area contributed by atoms with Crippen LogP contribution in [0.5, 0.6) is 0 Å². The first kappa shape index (κ1) is 19.4. The standard InChI is InChI=1S/C23H26N2OS/c1-15-5-7-16(8-6-15)9-12-21(26)25-22-19(14-24)18-11-10-17(23(2,3)4)13-20(18)27-22/h5-9,12,17H,10-11,13H2,1-4H3,(H,25,26)/b12-9+. The van der Waals surface area contributed by atoms with Crippen LogP contribution in [-0.4, -0.2) is 5.91 Å². The lowest BCUT2D eigenvalue weighted by Crippen LogP contribution is -2.26. The molecule has 1 unspecified atom stereocenters. The second kappa shape index (κ2) is 7.70. The van der Waals surface area contributed by atoms with Gasteiger partial charge < -0.3 is 5.32 Å². The van der Waals surface area contributed by atoms with Crippen LogP contribution in [0.1, 0.15) is 54.3 Å². The van der Waals surface area contributed by atoms with Gasteiger partial charge in [0.15, 0.2) is 0 Å². The van der Waals surface area contributed by atoms with Gasteiger partial charge in [-0.25, -0.2) is 0 Å². The summed E-state index contributed by atoms with van der Waals surface area (Å²) in [5, 5.41) is 13.2. The number of hydrogen-bond donors (Lipinski definition) is 1. The number of hydrogen-bond acceptors (Lipinski definition) is 3. The molecule has 1 N–H and O–H groups in total. The predicted molar refractivity (Wildman–Crippen MR) is 113 cm³/mol. The average molecular weight is 379 g/mol. The summed E-state index contributed by atoms with van der Waals surface area (Å²) < 4.78 is 0. The fourth-order valence-corrected chi connectivity index (χ4v) is 4.82. The Balaban J connectivity index is 1.76. The van der Waals surface area contributed by atoms with Crippen molar-refractivity contribution in [2.24, 2.45) is 11.3 Å². The van der Waals surface area contributed by atoms with E-state index in [0.717, 1.165) is 30.4 Å². The van der Waals surface area contributed by atoms with Crippen molar-refractivity contribution < 1.29 is 4.79 Å². The first-order chi connectivity index (χ1) is 12.8. The van der Waals surface area contributed by atoms with E-state index in [2.05, 4.69) is 32.2 Å². The molecule has 0 bridgehead atoms. The van der Waals surface area contributed by atoms with E-state index in [0.29, 0.717) is 16.5 Å². The van der Waals surface area contributed by atoms with Gasteiger partial charge in [0.2, 0.25) is 5.91 Å². The molecule has 27 heavy (non-hydrogen) atoms. The molecule has 0 fully saturated rings. The van der Waals surface area contributed by atoms with Crippen LogP contribution in [0, 0.1) is 29.6 Å². The molecule has 1 aromatic carbocycles.